The summed E-state index contributed by atoms with van der Waals surface area (Å²) in [4.78, 5) is 11.3. The van der Waals surface area contributed by atoms with Crippen LogP contribution in [-0.4, -0.2) is 12.6 Å². The van der Waals surface area contributed by atoms with Gasteiger partial charge in [-0.1, -0.05) is 32.8 Å². The van der Waals surface area contributed by atoms with Gasteiger partial charge in [-0.15, -0.1) is 6.58 Å². The molecule has 0 aromatic rings. The highest BCUT2D eigenvalue weighted by Crippen LogP contribution is 2.09. The van der Waals surface area contributed by atoms with Crippen LogP contribution in [0.3, 0.4) is 0 Å². The fraction of sp³-hybridized carbons (Fsp3) is 0.769. The third-order valence-corrected chi connectivity index (χ3v) is 2.67. The Morgan fingerprint density at radius 3 is 2.53 bits per heavy atom. The molecule has 88 valence electrons. The Balaban J connectivity index is 3.43. The normalized spacial score (nSPS) is 10.3. The lowest BCUT2D eigenvalue weighted by atomic mass is 10.1. The first kappa shape index (κ1) is 14.2. The van der Waals surface area contributed by atoms with Gasteiger partial charge in [-0.25, -0.2) is 0 Å². The summed E-state index contributed by atoms with van der Waals surface area (Å²) < 4.78 is 5.20. The molecule has 2 nitrogen and oxygen atoms in total. The minimum absolute atomic E-state index is 0.0500. The van der Waals surface area contributed by atoms with Crippen molar-refractivity contribution in [2.75, 3.05) is 6.61 Å². The van der Waals surface area contributed by atoms with E-state index in [2.05, 4.69) is 20.4 Å². The van der Waals surface area contributed by atoms with Crippen LogP contribution in [0.15, 0.2) is 12.7 Å². The smallest absolute Gasteiger partial charge is 0.305 e. The van der Waals surface area contributed by atoms with Gasteiger partial charge >= 0.3 is 5.97 Å². The van der Waals surface area contributed by atoms with Crippen LogP contribution in [0.4, 0.5) is 0 Å². The summed E-state index contributed by atoms with van der Waals surface area (Å²) in [6, 6.07) is 0. The number of carbonyl (C=O) groups excluding carboxylic acids is 1. The van der Waals surface area contributed by atoms with Crippen molar-refractivity contribution in [3.63, 3.8) is 0 Å². The first-order chi connectivity index (χ1) is 7.24. The van der Waals surface area contributed by atoms with Crippen molar-refractivity contribution in [1.29, 1.82) is 0 Å². The van der Waals surface area contributed by atoms with E-state index in [1.165, 1.54) is 0 Å². The largest absolute Gasteiger partial charge is 0.465 e. The van der Waals surface area contributed by atoms with Crippen LogP contribution in [0.2, 0.25) is 0 Å². The van der Waals surface area contributed by atoms with Gasteiger partial charge in [-0.3, -0.25) is 4.79 Å². The second-order valence-electron chi connectivity index (χ2n) is 3.90. The molecule has 0 aliphatic rings. The second kappa shape index (κ2) is 9.75. The summed E-state index contributed by atoms with van der Waals surface area (Å²) in [6.45, 7) is 8.50. The number of esters is 1. The molecule has 0 N–H and O–H groups in total. The molecule has 0 bridgehead atoms. The Hall–Kier alpha value is -0.790. The maximum absolute atomic E-state index is 11.3. The van der Waals surface area contributed by atoms with Crippen molar-refractivity contribution in [2.24, 2.45) is 5.92 Å². The van der Waals surface area contributed by atoms with Crippen LogP contribution in [0.1, 0.15) is 52.4 Å². The van der Waals surface area contributed by atoms with Gasteiger partial charge in [0.05, 0.1) is 6.61 Å². The predicted octanol–water partition coefficient (Wildman–Crippen LogP) is 3.71. The lowest BCUT2D eigenvalue weighted by molar-refractivity contribution is -0.145. The Morgan fingerprint density at radius 2 is 2.00 bits per heavy atom. The van der Waals surface area contributed by atoms with Crippen molar-refractivity contribution in [3.8, 4) is 0 Å². The van der Waals surface area contributed by atoms with E-state index >= 15 is 0 Å². The highest BCUT2D eigenvalue weighted by atomic mass is 16.5. The van der Waals surface area contributed by atoms with Gasteiger partial charge in [-0.05, 0) is 25.2 Å². The van der Waals surface area contributed by atoms with E-state index in [1.54, 1.807) is 0 Å². The van der Waals surface area contributed by atoms with E-state index in [9.17, 15) is 4.79 Å². The molecular formula is C13H24O2. The number of hydrogen-bond donors (Lipinski definition) is 0. The summed E-state index contributed by atoms with van der Waals surface area (Å²) in [5.41, 5.74) is 0. The van der Waals surface area contributed by atoms with E-state index in [-0.39, 0.29) is 5.97 Å². The molecule has 0 radical (unpaired) electrons. The van der Waals surface area contributed by atoms with E-state index in [0.29, 0.717) is 18.9 Å². The standard InChI is InChI=1S/C13H24O2/c1-4-7-8-9-10-13(14)15-11-12(5-2)6-3/h4,12H,1,5-11H2,2-3H3. The minimum atomic E-state index is -0.0500. The van der Waals surface area contributed by atoms with Gasteiger partial charge in [0.25, 0.3) is 0 Å². The van der Waals surface area contributed by atoms with Crippen LogP contribution < -0.4 is 0 Å². The molecule has 0 spiro atoms. The lowest BCUT2D eigenvalue weighted by Gasteiger charge is -2.12. The summed E-state index contributed by atoms with van der Waals surface area (Å²) in [6.07, 6.45) is 7.53. The molecule has 0 fully saturated rings. The average Bonchev–Trinajstić information content (AvgIpc) is 2.26. The average molecular weight is 212 g/mol. The van der Waals surface area contributed by atoms with E-state index in [1.807, 2.05) is 6.08 Å². The van der Waals surface area contributed by atoms with E-state index in [4.69, 9.17) is 4.74 Å². The number of unbranched alkanes of at least 4 members (excludes halogenated alkanes) is 2. The molecule has 0 atom stereocenters. The zero-order valence-electron chi connectivity index (χ0n) is 10.1. The molecule has 0 aliphatic heterocycles. The van der Waals surface area contributed by atoms with Crippen molar-refractivity contribution in [2.45, 2.75) is 52.4 Å². The second-order valence-corrected chi connectivity index (χ2v) is 3.90. The SMILES string of the molecule is C=CCCCCC(=O)OCC(CC)CC. The zero-order chi connectivity index (χ0) is 11.5. The summed E-state index contributed by atoms with van der Waals surface area (Å²) in [5, 5.41) is 0. The summed E-state index contributed by atoms with van der Waals surface area (Å²) in [5.74, 6) is 0.480. The highest BCUT2D eigenvalue weighted by molar-refractivity contribution is 5.69. The van der Waals surface area contributed by atoms with Crippen LogP contribution >= 0.6 is 0 Å². The quantitative estimate of drug-likeness (QED) is 0.331. The highest BCUT2D eigenvalue weighted by Gasteiger charge is 2.07. The van der Waals surface area contributed by atoms with E-state index < -0.39 is 0 Å². The molecular weight excluding hydrogens is 188 g/mol. The molecule has 0 saturated carbocycles. The van der Waals surface area contributed by atoms with Crippen LogP contribution in [0, 0.1) is 5.92 Å². The van der Waals surface area contributed by atoms with Crippen molar-refractivity contribution >= 4 is 5.97 Å². The summed E-state index contributed by atoms with van der Waals surface area (Å²) >= 11 is 0. The number of allylic oxidation sites excluding steroid dienone is 1. The fourth-order valence-corrected chi connectivity index (χ4v) is 1.37. The third-order valence-electron chi connectivity index (χ3n) is 2.67. The molecule has 0 unspecified atom stereocenters. The van der Waals surface area contributed by atoms with Crippen LogP contribution in [0.5, 0.6) is 0 Å². The topological polar surface area (TPSA) is 26.3 Å². The molecule has 0 rings (SSSR count). The predicted molar refractivity (Wildman–Crippen MR) is 63.7 cm³/mol. The Kier molecular flexibility index (Phi) is 9.24. The van der Waals surface area contributed by atoms with Gasteiger partial charge in [-0.2, -0.15) is 0 Å². The number of rotatable bonds is 9. The van der Waals surface area contributed by atoms with Gasteiger partial charge in [0.1, 0.15) is 0 Å². The molecule has 0 aliphatic carbocycles. The maximum atomic E-state index is 11.3. The first-order valence-corrected chi connectivity index (χ1v) is 6.01. The Morgan fingerprint density at radius 1 is 1.33 bits per heavy atom. The molecule has 0 amide bonds. The van der Waals surface area contributed by atoms with Gasteiger partial charge in [0, 0.05) is 6.42 Å². The van der Waals surface area contributed by atoms with Crippen molar-refractivity contribution in [1.82, 2.24) is 0 Å². The Bertz CT molecular complexity index is 171. The minimum Gasteiger partial charge on any atom is -0.465 e. The third kappa shape index (κ3) is 8.22. The molecule has 0 aromatic carbocycles. The fourth-order valence-electron chi connectivity index (χ4n) is 1.37. The van der Waals surface area contributed by atoms with Crippen LogP contribution in [-0.2, 0) is 9.53 Å². The first-order valence-electron chi connectivity index (χ1n) is 6.01. The number of carbonyl (C=O) groups is 1. The molecule has 0 heterocycles. The van der Waals surface area contributed by atoms with Gasteiger partial charge in [0.15, 0.2) is 0 Å². The molecule has 0 saturated heterocycles. The van der Waals surface area contributed by atoms with Crippen LogP contribution in [0.25, 0.3) is 0 Å². The Labute approximate surface area is 93.7 Å². The summed E-state index contributed by atoms with van der Waals surface area (Å²) in [7, 11) is 0. The van der Waals surface area contributed by atoms with E-state index in [0.717, 1.165) is 32.1 Å². The maximum Gasteiger partial charge on any atom is 0.305 e. The number of ether oxygens (including phenoxy) is 1. The van der Waals surface area contributed by atoms with Crippen molar-refractivity contribution in [3.05, 3.63) is 12.7 Å². The lowest BCUT2D eigenvalue weighted by Crippen LogP contribution is -2.12. The number of hydrogen-bond acceptors (Lipinski definition) is 2. The van der Waals surface area contributed by atoms with Gasteiger partial charge in [0.2, 0.25) is 0 Å². The van der Waals surface area contributed by atoms with Crippen molar-refractivity contribution < 1.29 is 9.53 Å². The molecule has 15 heavy (non-hydrogen) atoms. The molecule has 0 aromatic heterocycles. The molecule has 2 heteroatoms. The zero-order valence-corrected chi connectivity index (χ0v) is 10.1. The monoisotopic (exact) mass is 212 g/mol. The van der Waals surface area contributed by atoms with Gasteiger partial charge < -0.3 is 4.74 Å².